The average molecular weight is 379 g/mol. The molecule has 3 heteroatoms. The van der Waals surface area contributed by atoms with Crippen LogP contribution in [0.15, 0.2) is 97.1 Å². The van der Waals surface area contributed by atoms with Crippen LogP contribution in [-0.4, -0.2) is 5.91 Å². The minimum Gasteiger partial charge on any atom is -0.264 e. The summed E-state index contributed by atoms with van der Waals surface area (Å²) < 4.78 is 1.88. The van der Waals surface area contributed by atoms with E-state index in [9.17, 15) is 4.79 Å². The molecule has 0 aliphatic heterocycles. The highest BCUT2D eigenvalue weighted by atomic mass is 16.2. The summed E-state index contributed by atoms with van der Waals surface area (Å²) in [5, 5.41) is 0. The minimum atomic E-state index is -0.150. The highest BCUT2D eigenvalue weighted by molar-refractivity contribution is 5.98. The fourth-order valence-corrected chi connectivity index (χ4v) is 3.28. The Hall–Kier alpha value is -3.72. The summed E-state index contributed by atoms with van der Waals surface area (Å²) in [7, 11) is 0. The van der Waals surface area contributed by atoms with Gasteiger partial charge in [-0.1, -0.05) is 58.3 Å². The number of hydrogen-bond donors (Lipinski definition) is 1. The number of carbonyl (C=O) groups is 1. The standard InChI is InChI=1S/C26H22N2O/c1-19-11-15-21(16-12-19)24-9-6-10-25(22-17-13-20(2)14-18-22)28(24)27-26(29)23-7-4-3-5-8-23/h3-18H,1-2H3/p+1. The van der Waals surface area contributed by atoms with Crippen LogP contribution in [0.4, 0.5) is 0 Å². The van der Waals surface area contributed by atoms with Crippen LogP contribution in [0, 0.1) is 13.8 Å². The number of benzene rings is 3. The number of hydrogen-bond acceptors (Lipinski definition) is 1. The van der Waals surface area contributed by atoms with Crippen LogP contribution in [0.25, 0.3) is 22.5 Å². The Morgan fingerprint density at radius 3 is 1.59 bits per heavy atom. The van der Waals surface area contributed by atoms with E-state index in [1.54, 1.807) is 0 Å². The van der Waals surface area contributed by atoms with Crippen LogP contribution in [0.2, 0.25) is 0 Å². The maximum Gasteiger partial charge on any atom is 0.305 e. The maximum atomic E-state index is 13.0. The van der Waals surface area contributed by atoms with Gasteiger partial charge < -0.3 is 0 Å². The van der Waals surface area contributed by atoms with Crippen molar-refractivity contribution in [2.45, 2.75) is 13.8 Å². The van der Waals surface area contributed by atoms with E-state index in [-0.39, 0.29) is 5.91 Å². The van der Waals surface area contributed by atoms with Gasteiger partial charge in [0.05, 0.1) is 0 Å². The van der Waals surface area contributed by atoms with Crippen LogP contribution < -0.4 is 10.1 Å². The van der Waals surface area contributed by atoms with Gasteiger partial charge in [-0.15, -0.1) is 5.43 Å². The lowest BCUT2D eigenvalue weighted by Gasteiger charge is -2.10. The molecule has 0 spiro atoms. The van der Waals surface area contributed by atoms with Gasteiger partial charge in [0.15, 0.2) is 0 Å². The van der Waals surface area contributed by atoms with E-state index >= 15 is 0 Å². The second kappa shape index (κ2) is 8.11. The third kappa shape index (κ3) is 4.09. The summed E-state index contributed by atoms with van der Waals surface area (Å²) in [4.78, 5) is 13.0. The summed E-state index contributed by atoms with van der Waals surface area (Å²) in [6, 6.07) is 32.0. The molecule has 4 rings (SSSR count). The first-order chi connectivity index (χ1) is 14.1. The zero-order valence-electron chi connectivity index (χ0n) is 16.6. The van der Waals surface area contributed by atoms with Gasteiger partial charge >= 0.3 is 5.91 Å². The first-order valence-electron chi connectivity index (χ1n) is 9.67. The zero-order chi connectivity index (χ0) is 20.2. The van der Waals surface area contributed by atoms with Crippen molar-refractivity contribution in [2.24, 2.45) is 0 Å². The molecule has 0 atom stereocenters. The van der Waals surface area contributed by atoms with Crippen molar-refractivity contribution in [3.8, 4) is 22.5 Å². The summed E-state index contributed by atoms with van der Waals surface area (Å²) in [5.41, 5.74) is 10.0. The highest BCUT2D eigenvalue weighted by Crippen LogP contribution is 2.21. The second-order valence-electron chi connectivity index (χ2n) is 7.17. The SMILES string of the molecule is Cc1ccc(-c2cccc(-c3ccc(C)cc3)[n+]2NC(=O)c2ccccc2)cc1. The number of rotatable bonds is 4. The minimum absolute atomic E-state index is 0.150. The zero-order valence-corrected chi connectivity index (χ0v) is 16.6. The Bertz CT molecular complexity index is 1070. The topological polar surface area (TPSA) is 33.0 Å². The van der Waals surface area contributed by atoms with Crippen molar-refractivity contribution < 1.29 is 9.47 Å². The summed E-state index contributed by atoms with van der Waals surface area (Å²) >= 11 is 0. The Balaban J connectivity index is 1.85. The second-order valence-corrected chi connectivity index (χ2v) is 7.17. The number of aromatic nitrogens is 1. The molecule has 0 saturated carbocycles. The molecule has 0 radical (unpaired) electrons. The van der Waals surface area contributed by atoms with Crippen molar-refractivity contribution in [2.75, 3.05) is 5.43 Å². The molecule has 1 aromatic heterocycles. The molecule has 0 aliphatic carbocycles. The lowest BCUT2D eigenvalue weighted by molar-refractivity contribution is -0.618. The molecule has 0 fully saturated rings. The van der Waals surface area contributed by atoms with E-state index in [4.69, 9.17) is 0 Å². The van der Waals surface area contributed by atoms with Crippen molar-refractivity contribution in [1.29, 1.82) is 0 Å². The van der Waals surface area contributed by atoms with E-state index in [0.29, 0.717) is 5.56 Å². The molecule has 1 amide bonds. The Morgan fingerprint density at radius 2 is 1.10 bits per heavy atom. The Morgan fingerprint density at radius 1 is 0.621 bits per heavy atom. The molecular formula is C26H23N2O+. The number of pyridine rings is 1. The quantitative estimate of drug-likeness (QED) is 0.479. The highest BCUT2D eigenvalue weighted by Gasteiger charge is 2.23. The largest absolute Gasteiger partial charge is 0.305 e. The van der Waals surface area contributed by atoms with Gasteiger partial charge in [-0.3, -0.25) is 4.79 Å². The molecule has 142 valence electrons. The monoisotopic (exact) mass is 379 g/mol. The number of amides is 1. The average Bonchev–Trinajstić information content (AvgIpc) is 2.76. The third-order valence-electron chi connectivity index (χ3n) is 4.93. The van der Waals surface area contributed by atoms with Gasteiger partial charge in [0.2, 0.25) is 11.4 Å². The molecular weight excluding hydrogens is 356 g/mol. The van der Waals surface area contributed by atoms with Crippen molar-refractivity contribution in [1.82, 2.24) is 0 Å². The summed E-state index contributed by atoms with van der Waals surface area (Å²) in [5.74, 6) is -0.150. The van der Waals surface area contributed by atoms with Crippen molar-refractivity contribution >= 4 is 5.91 Å². The first kappa shape index (κ1) is 18.6. The van der Waals surface area contributed by atoms with E-state index < -0.39 is 0 Å². The maximum absolute atomic E-state index is 13.0. The van der Waals surface area contributed by atoms with Crippen molar-refractivity contribution in [3.05, 3.63) is 114 Å². The van der Waals surface area contributed by atoms with Crippen LogP contribution in [-0.2, 0) is 0 Å². The van der Waals surface area contributed by atoms with Crippen LogP contribution in [0.1, 0.15) is 21.5 Å². The fourth-order valence-electron chi connectivity index (χ4n) is 3.28. The van der Waals surface area contributed by atoms with Gasteiger partial charge in [0.25, 0.3) is 0 Å². The Labute approximate surface area is 171 Å². The van der Waals surface area contributed by atoms with Crippen LogP contribution in [0.5, 0.6) is 0 Å². The Kier molecular flexibility index (Phi) is 5.21. The molecule has 29 heavy (non-hydrogen) atoms. The van der Waals surface area contributed by atoms with E-state index in [0.717, 1.165) is 22.5 Å². The molecule has 3 aromatic carbocycles. The van der Waals surface area contributed by atoms with E-state index in [1.807, 2.05) is 53.2 Å². The third-order valence-corrected chi connectivity index (χ3v) is 4.93. The summed E-state index contributed by atoms with van der Waals surface area (Å²) in [6.45, 7) is 4.13. The number of nitrogens with one attached hydrogen (secondary N) is 1. The predicted octanol–water partition coefficient (Wildman–Crippen LogP) is 5.31. The lowest BCUT2D eigenvalue weighted by Crippen LogP contribution is -2.51. The van der Waals surface area contributed by atoms with Gasteiger partial charge in [-0.05, 0) is 56.3 Å². The summed E-state index contributed by atoms with van der Waals surface area (Å²) in [6.07, 6.45) is 0. The molecule has 3 nitrogen and oxygen atoms in total. The van der Waals surface area contributed by atoms with E-state index in [1.165, 1.54) is 11.1 Å². The molecule has 1 N–H and O–H groups in total. The smallest absolute Gasteiger partial charge is 0.264 e. The van der Waals surface area contributed by atoms with E-state index in [2.05, 4.69) is 67.8 Å². The van der Waals surface area contributed by atoms with Gasteiger partial charge in [0, 0.05) is 28.8 Å². The molecule has 0 unspecified atom stereocenters. The number of nitrogens with zero attached hydrogens (tertiary/aromatic N) is 1. The van der Waals surface area contributed by atoms with Crippen LogP contribution in [0.3, 0.4) is 0 Å². The number of aryl methyl sites for hydroxylation is 2. The lowest BCUT2D eigenvalue weighted by atomic mass is 10.1. The molecule has 1 heterocycles. The van der Waals surface area contributed by atoms with Gasteiger partial charge in [-0.25, -0.2) is 0 Å². The normalized spacial score (nSPS) is 10.6. The molecule has 0 saturated heterocycles. The van der Waals surface area contributed by atoms with Crippen LogP contribution >= 0.6 is 0 Å². The fraction of sp³-hybridized carbons (Fsp3) is 0.0769. The number of carbonyl (C=O) groups excluding carboxylic acids is 1. The molecule has 0 bridgehead atoms. The molecule has 0 aliphatic rings. The molecule has 4 aromatic rings. The van der Waals surface area contributed by atoms with Gasteiger partial charge in [-0.2, -0.15) is 0 Å². The van der Waals surface area contributed by atoms with Gasteiger partial charge in [0.1, 0.15) is 0 Å². The predicted molar refractivity (Wildman–Crippen MR) is 117 cm³/mol. The first-order valence-corrected chi connectivity index (χ1v) is 9.67. The van der Waals surface area contributed by atoms with Crippen molar-refractivity contribution in [3.63, 3.8) is 0 Å².